The summed E-state index contributed by atoms with van der Waals surface area (Å²) in [5.41, 5.74) is 2.73. The van der Waals surface area contributed by atoms with Crippen molar-refractivity contribution in [3.05, 3.63) is 27.8 Å². The van der Waals surface area contributed by atoms with E-state index in [4.69, 9.17) is 4.74 Å². The molecule has 0 radical (unpaired) electrons. The first-order chi connectivity index (χ1) is 11.8. The molecule has 0 aromatic carbocycles. The monoisotopic (exact) mass is 361 g/mol. The van der Waals surface area contributed by atoms with Crippen LogP contribution in [0.2, 0.25) is 0 Å². The Labute approximate surface area is 149 Å². The molecule has 8 heteroatoms. The van der Waals surface area contributed by atoms with Gasteiger partial charge in [-0.15, -0.1) is 11.3 Å². The fourth-order valence-corrected chi connectivity index (χ4v) is 4.17. The lowest BCUT2D eigenvalue weighted by atomic mass is 10.1. The molecule has 3 rings (SSSR count). The number of imide groups is 1. The highest BCUT2D eigenvalue weighted by Crippen LogP contribution is 2.32. The zero-order valence-corrected chi connectivity index (χ0v) is 15.3. The van der Waals surface area contributed by atoms with Crippen LogP contribution in [-0.4, -0.2) is 47.0 Å². The van der Waals surface area contributed by atoms with Crippen LogP contribution in [0, 0.1) is 20.8 Å². The minimum absolute atomic E-state index is 0.282. The Kier molecular flexibility index (Phi) is 4.47. The number of aromatic nitrogens is 1. The van der Waals surface area contributed by atoms with E-state index in [1.807, 2.05) is 26.8 Å². The number of amides is 3. The van der Waals surface area contributed by atoms with Gasteiger partial charge in [0.2, 0.25) is 0 Å². The maximum absolute atomic E-state index is 12.5. The average molecular weight is 361 g/mol. The summed E-state index contributed by atoms with van der Waals surface area (Å²) < 4.78 is 5.31. The van der Waals surface area contributed by atoms with Crippen LogP contribution in [0.4, 0.5) is 4.79 Å². The van der Waals surface area contributed by atoms with E-state index in [1.165, 1.54) is 18.3 Å². The molecule has 7 nitrogen and oxygen atoms in total. The summed E-state index contributed by atoms with van der Waals surface area (Å²) in [6.45, 7) is 7.89. The van der Waals surface area contributed by atoms with Gasteiger partial charge in [0.25, 0.3) is 5.91 Å². The number of aryl methyl sites for hydroxylation is 3. The van der Waals surface area contributed by atoms with Crippen molar-refractivity contribution in [2.45, 2.75) is 33.8 Å². The number of thiophene rings is 1. The van der Waals surface area contributed by atoms with Crippen LogP contribution in [0.3, 0.4) is 0 Å². The maximum atomic E-state index is 12.5. The van der Waals surface area contributed by atoms with Crippen LogP contribution in [0.1, 0.15) is 33.4 Å². The molecule has 3 amide bonds. The Bertz CT molecular complexity index is 890. The standard InChI is InChI=1S/C17H19N3O4S/c1-8-7-9(2)19-14-12(8)10(3)13(25-14)16(22)24-11(4)15(21)20-6-5-18-17(20)23/h7,11H,5-6H2,1-4H3,(H,18,23)/t11-/m0/s1. The summed E-state index contributed by atoms with van der Waals surface area (Å²) in [7, 11) is 0. The number of hydrogen-bond donors (Lipinski definition) is 1. The number of nitrogens with one attached hydrogen (secondary N) is 1. The number of esters is 1. The highest BCUT2D eigenvalue weighted by Gasteiger charge is 2.32. The van der Waals surface area contributed by atoms with Crippen LogP contribution < -0.4 is 5.32 Å². The Hall–Kier alpha value is -2.48. The summed E-state index contributed by atoms with van der Waals surface area (Å²) in [4.78, 5) is 43.1. The van der Waals surface area contributed by atoms with E-state index in [1.54, 1.807) is 0 Å². The first kappa shape index (κ1) is 17.3. The first-order valence-corrected chi connectivity index (χ1v) is 8.78. The second-order valence-electron chi connectivity index (χ2n) is 6.09. The largest absolute Gasteiger partial charge is 0.448 e. The zero-order valence-electron chi connectivity index (χ0n) is 14.5. The average Bonchev–Trinajstić information content (AvgIpc) is 3.10. The molecule has 1 fully saturated rings. The van der Waals surface area contributed by atoms with Crippen LogP contribution in [-0.2, 0) is 9.53 Å². The van der Waals surface area contributed by atoms with Gasteiger partial charge in [0.1, 0.15) is 9.71 Å². The Morgan fingerprint density at radius 3 is 2.72 bits per heavy atom. The number of urea groups is 1. The summed E-state index contributed by atoms with van der Waals surface area (Å²) in [5.74, 6) is -1.09. The van der Waals surface area contributed by atoms with Crippen LogP contribution in [0.5, 0.6) is 0 Å². The van der Waals surface area contributed by atoms with Gasteiger partial charge >= 0.3 is 12.0 Å². The number of carbonyl (C=O) groups excluding carboxylic acids is 3. The SMILES string of the molecule is Cc1cc(C)c2c(C)c(C(=O)O[C@@H](C)C(=O)N3CCNC3=O)sc2n1. The molecule has 25 heavy (non-hydrogen) atoms. The van der Waals surface area contributed by atoms with Gasteiger partial charge in [-0.25, -0.2) is 14.6 Å². The van der Waals surface area contributed by atoms with Crippen molar-refractivity contribution in [2.75, 3.05) is 13.1 Å². The molecule has 1 aliphatic rings. The number of nitrogens with zero attached hydrogens (tertiary/aromatic N) is 2. The third-order valence-corrected chi connectivity index (χ3v) is 5.33. The van der Waals surface area contributed by atoms with E-state index < -0.39 is 24.0 Å². The van der Waals surface area contributed by atoms with Crippen LogP contribution >= 0.6 is 11.3 Å². The third kappa shape index (κ3) is 3.09. The van der Waals surface area contributed by atoms with Crippen LogP contribution in [0.15, 0.2) is 6.07 Å². The summed E-state index contributed by atoms with van der Waals surface area (Å²) in [6, 6.07) is 1.51. The second-order valence-corrected chi connectivity index (χ2v) is 7.09. The highest BCUT2D eigenvalue weighted by atomic mass is 32.1. The number of pyridine rings is 1. The van der Waals surface area contributed by atoms with E-state index >= 15 is 0 Å². The van der Waals surface area contributed by atoms with Gasteiger partial charge in [-0.2, -0.15) is 0 Å². The fourth-order valence-electron chi connectivity index (χ4n) is 2.98. The predicted octanol–water partition coefficient (Wildman–Crippen LogP) is 2.32. The lowest BCUT2D eigenvalue weighted by molar-refractivity contribution is -0.136. The molecule has 2 aromatic rings. The topological polar surface area (TPSA) is 88.6 Å². The molecular formula is C17H19N3O4S. The van der Waals surface area contributed by atoms with Crippen molar-refractivity contribution >= 4 is 39.5 Å². The van der Waals surface area contributed by atoms with Crippen molar-refractivity contribution in [3.63, 3.8) is 0 Å². The Morgan fingerprint density at radius 2 is 2.08 bits per heavy atom. The van der Waals surface area contributed by atoms with Gasteiger partial charge in [-0.05, 0) is 44.9 Å². The van der Waals surface area contributed by atoms with E-state index in [-0.39, 0.29) is 6.54 Å². The van der Waals surface area contributed by atoms with Gasteiger partial charge in [-0.1, -0.05) is 0 Å². The lowest BCUT2D eigenvalue weighted by Crippen LogP contribution is -2.41. The zero-order chi connectivity index (χ0) is 18.3. The minimum atomic E-state index is -1.03. The van der Waals surface area contributed by atoms with Gasteiger partial charge in [0, 0.05) is 24.2 Å². The van der Waals surface area contributed by atoms with Gasteiger partial charge < -0.3 is 10.1 Å². The van der Waals surface area contributed by atoms with E-state index in [2.05, 4.69) is 10.3 Å². The third-order valence-electron chi connectivity index (χ3n) is 4.17. The second kappa shape index (κ2) is 6.44. The molecule has 0 saturated carbocycles. The summed E-state index contributed by atoms with van der Waals surface area (Å²) in [6.07, 6.45) is -1.03. The molecule has 132 valence electrons. The van der Waals surface area contributed by atoms with Crippen molar-refractivity contribution in [1.82, 2.24) is 15.2 Å². The van der Waals surface area contributed by atoms with Gasteiger partial charge in [-0.3, -0.25) is 9.69 Å². The molecule has 1 atom stereocenters. The molecule has 1 saturated heterocycles. The highest BCUT2D eigenvalue weighted by molar-refractivity contribution is 7.20. The molecule has 0 aliphatic carbocycles. The van der Waals surface area contributed by atoms with Crippen molar-refractivity contribution in [3.8, 4) is 0 Å². The molecule has 1 aliphatic heterocycles. The van der Waals surface area contributed by atoms with Crippen molar-refractivity contribution in [2.24, 2.45) is 0 Å². The number of carbonyl (C=O) groups is 3. The fraction of sp³-hybridized carbons (Fsp3) is 0.412. The predicted molar refractivity (Wildman–Crippen MR) is 93.8 cm³/mol. The number of fused-ring (bicyclic) bond motifs is 1. The van der Waals surface area contributed by atoms with Crippen LogP contribution in [0.25, 0.3) is 10.2 Å². The molecule has 1 N–H and O–H groups in total. The Balaban J connectivity index is 1.82. The van der Waals surface area contributed by atoms with Crippen molar-refractivity contribution in [1.29, 1.82) is 0 Å². The first-order valence-electron chi connectivity index (χ1n) is 7.97. The summed E-state index contributed by atoms with van der Waals surface area (Å²) in [5, 5.41) is 3.49. The maximum Gasteiger partial charge on any atom is 0.349 e. The molecule has 3 heterocycles. The smallest absolute Gasteiger partial charge is 0.349 e. The van der Waals surface area contributed by atoms with Crippen molar-refractivity contribution < 1.29 is 19.1 Å². The summed E-state index contributed by atoms with van der Waals surface area (Å²) >= 11 is 1.26. The molecular weight excluding hydrogens is 342 g/mol. The number of rotatable bonds is 3. The van der Waals surface area contributed by atoms with E-state index in [0.29, 0.717) is 11.4 Å². The number of ether oxygens (including phenoxy) is 1. The van der Waals surface area contributed by atoms with E-state index in [0.717, 1.165) is 31.9 Å². The molecule has 2 aromatic heterocycles. The van der Waals surface area contributed by atoms with Gasteiger partial charge in [0.05, 0.1) is 0 Å². The molecule has 0 bridgehead atoms. The quantitative estimate of drug-likeness (QED) is 0.848. The minimum Gasteiger partial charge on any atom is -0.448 e. The lowest BCUT2D eigenvalue weighted by Gasteiger charge is -2.17. The van der Waals surface area contributed by atoms with E-state index in [9.17, 15) is 14.4 Å². The molecule has 0 spiro atoms. The Morgan fingerprint density at radius 1 is 1.36 bits per heavy atom. The van der Waals surface area contributed by atoms with Gasteiger partial charge in [0.15, 0.2) is 6.10 Å². The molecule has 0 unspecified atom stereocenters. The normalized spacial score (nSPS) is 15.4. The number of hydrogen-bond acceptors (Lipinski definition) is 6.